The molecule has 6 heteroatoms. The summed E-state index contributed by atoms with van der Waals surface area (Å²) in [5.74, 6) is -0.604. The zero-order valence-electron chi connectivity index (χ0n) is 12.9. The molecule has 3 nitrogen and oxygen atoms in total. The number of benzene rings is 1. The molecule has 0 saturated carbocycles. The molecule has 0 aliphatic heterocycles. The summed E-state index contributed by atoms with van der Waals surface area (Å²) in [4.78, 5) is 14.0. The second-order valence-corrected chi connectivity index (χ2v) is 6.98. The van der Waals surface area contributed by atoms with Crippen LogP contribution in [0, 0.1) is 5.82 Å². The van der Waals surface area contributed by atoms with Gasteiger partial charge < -0.3 is 10.2 Å². The summed E-state index contributed by atoms with van der Waals surface area (Å²) in [7, 11) is 3.95. The van der Waals surface area contributed by atoms with Gasteiger partial charge in [-0.3, -0.25) is 4.79 Å². The first-order valence-electron chi connectivity index (χ1n) is 7.07. The van der Waals surface area contributed by atoms with Gasteiger partial charge in [0.1, 0.15) is 5.82 Å². The summed E-state index contributed by atoms with van der Waals surface area (Å²) in [6, 6.07) is 6.78. The van der Waals surface area contributed by atoms with Crippen molar-refractivity contribution in [3.8, 4) is 0 Å². The van der Waals surface area contributed by atoms with E-state index in [2.05, 4.69) is 31.5 Å². The van der Waals surface area contributed by atoms with Gasteiger partial charge in [0.05, 0.1) is 6.04 Å². The summed E-state index contributed by atoms with van der Waals surface area (Å²) < 4.78 is 14.4. The first-order chi connectivity index (χ1) is 11.0. The Bertz CT molecular complexity index is 686. The Balaban J connectivity index is 1.96. The third kappa shape index (κ3) is 5.27. The number of likely N-dealkylation sites (N-methyl/N-ethyl adjacent to an activating group) is 1. The van der Waals surface area contributed by atoms with Crippen LogP contribution in [0.3, 0.4) is 0 Å². The summed E-state index contributed by atoms with van der Waals surface area (Å²) in [5.41, 5.74) is 1.54. The van der Waals surface area contributed by atoms with Gasteiger partial charge in [-0.05, 0) is 60.8 Å². The lowest BCUT2D eigenvalue weighted by Gasteiger charge is -2.23. The van der Waals surface area contributed by atoms with Gasteiger partial charge in [0.25, 0.3) is 0 Å². The third-order valence-corrected chi connectivity index (χ3v) is 4.59. The van der Waals surface area contributed by atoms with Crippen molar-refractivity contribution in [3.05, 3.63) is 62.5 Å². The maximum atomic E-state index is 13.6. The van der Waals surface area contributed by atoms with E-state index >= 15 is 0 Å². The van der Waals surface area contributed by atoms with Crippen molar-refractivity contribution in [1.29, 1.82) is 0 Å². The number of nitrogens with one attached hydrogen (secondary N) is 1. The van der Waals surface area contributed by atoms with Gasteiger partial charge in [0.2, 0.25) is 5.91 Å². The van der Waals surface area contributed by atoms with Crippen LogP contribution in [0.5, 0.6) is 0 Å². The Hall–Kier alpha value is -1.50. The van der Waals surface area contributed by atoms with Crippen molar-refractivity contribution >= 4 is 39.2 Å². The lowest BCUT2D eigenvalue weighted by molar-refractivity contribution is -0.116. The van der Waals surface area contributed by atoms with Crippen LogP contribution in [0.25, 0.3) is 6.08 Å². The highest BCUT2D eigenvalue weighted by Crippen LogP contribution is 2.20. The lowest BCUT2D eigenvalue weighted by atomic mass is 10.1. The van der Waals surface area contributed by atoms with E-state index in [1.165, 1.54) is 23.8 Å². The Labute approximate surface area is 147 Å². The van der Waals surface area contributed by atoms with Crippen molar-refractivity contribution in [2.24, 2.45) is 0 Å². The highest BCUT2D eigenvalue weighted by atomic mass is 79.9. The van der Waals surface area contributed by atoms with E-state index < -0.39 is 0 Å². The first-order valence-corrected chi connectivity index (χ1v) is 8.80. The molecule has 122 valence electrons. The van der Waals surface area contributed by atoms with E-state index in [0.717, 1.165) is 4.47 Å². The second-order valence-electron chi connectivity index (χ2n) is 5.28. The third-order valence-electron chi connectivity index (χ3n) is 3.39. The molecule has 0 aliphatic rings. The molecule has 0 unspecified atom stereocenters. The van der Waals surface area contributed by atoms with Crippen LogP contribution in [-0.2, 0) is 4.79 Å². The highest BCUT2D eigenvalue weighted by Gasteiger charge is 2.14. The number of hydrogen-bond donors (Lipinski definition) is 1. The van der Waals surface area contributed by atoms with Crippen LogP contribution in [0.2, 0.25) is 0 Å². The number of nitrogens with zero attached hydrogens (tertiary/aromatic N) is 1. The summed E-state index contributed by atoms with van der Waals surface area (Å²) in [5, 5.41) is 6.95. The van der Waals surface area contributed by atoms with E-state index in [-0.39, 0.29) is 17.8 Å². The normalized spacial score (nSPS) is 12.7. The minimum absolute atomic E-state index is 0.112. The molecule has 1 N–H and O–H groups in total. The second kappa shape index (κ2) is 8.38. The van der Waals surface area contributed by atoms with E-state index in [1.807, 2.05) is 25.5 Å². The number of halogens is 2. The Morgan fingerprint density at radius 2 is 2.22 bits per heavy atom. The summed E-state index contributed by atoms with van der Waals surface area (Å²) in [6.45, 7) is 0.494. The van der Waals surface area contributed by atoms with Gasteiger partial charge in [0, 0.05) is 22.7 Å². The van der Waals surface area contributed by atoms with Crippen LogP contribution >= 0.6 is 27.3 Å². The van der Waals surface area contributed by atoms with Crippen molar-refractivity contribution < 1.29 is 9.18 Å². The monoisotopic (exact) mass is 396 g/mol. The van der Waals surface area contributed by atoms with Crippen LogP contribution in [-0.4, -0.2) is 31.4 Å². The largest absolute Gasteiger partial charge is 0.351 e. The molecule has 1 aromatic carbocycles. The van der Waals surface area contributed by atoms with E-state index in [0.29, 0.717) is 12.1 Å². The zero-order chi connectivity index (χ0) is 16.8. The number of carbonyl (C=O) groups excluding carboxylic acids is 1. The van der Waals surface area contributed by atoms with E-state index in [9.17, 15) is 9.18 Å². The predicted molar refractivity (Wildman–Crippen MR) is 96.9 cm³/mol. The van der Waals surface area contributed by atoms with E-state index in [4.69, 9.17) is 0 Å². The zero-order valence-corrected chi connectivity index (χ0v) is 15.3. The van der Waals surface area contributed by atoms with Gasteiger partial charge in [-0.25, -0.2) is 4.39 Å². The van der Waals surface area contributed by atoms with Gasteiger partial charge in [-0.1, -0.05) is 15.9 Å². The standard InChI is InChI=1S/C17H18BrFN2OS/c1-21(2)16(13-7-8-23-11-13)10-20-17(22)6-3-12-9-14(18)4-5-15(12)19/h3-9,11,16H,10H2,1-2H3,(H,20,22)/b6-3+/t16-/m0/s1. The van der Waals surface area contributed by atoms with Gasteiger partial charge in [-0.15, -0.1) is 0 Å². The number of hydrogen-bond acceptors (Lipinski definition) is 3. The number of rotatable bonds is 6. The molecular weight excluding hydrogens is 379 g/mol. The molecule has 1 amide bonds. The Morgan fingerprint density at radius 1 is 1.43 bits per heavy atom. The summed E-state index contributed by atoms with van der Waals surface area (Å²) >= 11 is 4.92. The molecule has 0 bridgehead atoms. The fraction of sp³-hybridized carbons (Fsp3) is 0.235. The minimum Gasteiger partial charge on any atom is -0.351 e. The smallest absolute Gasteiger partial charge is 0.244 e. The molecular formula is C17H18BrFN2OS. The number of carbonyl (C=O) groups is 1. The fourth-order valence-corrected chi connectivity index (χ4v) is 3.21. The SMILES string of the molecule is CN(C)[C@@H](CNC(=O)/C=C/c1cc(Br)ccc1F)c1ccsc1. The fourth-order valence-electron chi connectivity index (χ4n) is 2.13. The van der Waals surface area contributed by atoms with Crippen LogP contribution in [0.15, 0.2) is 45.6 Å². The average molecular weight is 397 g/mol. The topological polar surface area (TPSA) is 32.3 Å². The molecule has 1 atom stereocenters. The highest BCUT2D eigenvalue weighted by molar-refractivity contribution is 9.10. The van der Waals surface area contributed by atoms with Crippen molar-refractivity contribution in [1.82, 2.24) is 10.2 Å². The maximum Gasteiger partial charge on any atom is 0.244 e. The van der Waals surface area contributed by atoms with Crippen molar-refractivity contribution in [2.45, 2.75) is 6.04 Å². The molecule has 1 aromatic heterocycles. The van der Waals surface area contributed by atoms with Crippen molar-refractivity contribution in [3.63, 3.8) is 0 Å². The van der Waals surface area contributed by atoms with Gasteiger partial charge >= 0.3 is 0 Å². The molecule has 1 heterocycles. The first kappa shape index (κ1) is 17.8. The molecule has 0 fully saturated rings. The molecule has 0 aliphatic carbocycles. The Kier molecular flexibility index (Phi) is 6.50. The lowest BCUT2D eigenvalue weighted by Crippen LogP contribution is -2.33. The molecule has 0 saturated heterocycles. The molecule has 0 radical (unpaired) electrons. The predicted octanol–water partition coefficient (Wildman–Crippen LogP) is 4.08. The maximum absolute atomic E-state index is 13.6. The van der Waals surface area contributed by atoms with Crippen LogP contribution in [0.1, 0.15) is 17.2 Å². The quantitative estimate of drug-likeness (QED) is 0.745. The van der Waals surface area contributed by atoms with Crippen LogP contribution < -0.4 is 5.32 Å². The van der Waals surface area contributed by atoms with Crippen molar-refractivity contribution in [2.75, 3.05) is 20.6 Å². The molecule has 2 rings (SSSR count). The minimum atomic E-state index is -0.360. The Morgan fingerprint density at radius 3 is 2.87 bits per heavy atom. The van der Waals surface area contributed by atoms with E-state index in [1.54, 1.807) is 23.5 Å². The van der Waals surface area contributed by atoms with Gasteiger partial charge in [0.15, 0.2) is 0 Å². The molecule has 2 aromatic rings. The summed E-state index contributed by atoms with van der Waals surface area (Å²) in [6.07, 6.45) is 2.83. The van der Waals surface area contributed by atoms with Gasteiger partial charge in [-0.2, -0.15) is 11.3 Å². The average Bonchev–Trinajstić information content (AvgIpc) is 3.02. The number of amides is 1. The molecule has 23 heavy (non-hydrogen) atoms. The number of thiophene rings is 1. The van der Waals surface area contributed by atoms with Crippen LogP contribution in [0.4, 0.5) is 4.39 Å². The molecule has 0 spiro atoms.